The second-order valence-electron chi connectivity index (χ2n) is 7.12. The van der Waals surface area contributed by atoms with Gasteiger partial charge in [0, 0.05) is 32.6 Å². The molecular formula is C22H36N4O4. The van der Waals surface area contributed by atoms with Crippen LogP contribution >= 0.6 is 0 Å². The minimum Gasteiger partial charge on any atom is -0.497 e. The third-order valence-electron chi connectivity index (χ3n) is 5.08. The quantitative estimate of drug-likeness (QED) is 0.245. The third kappa shape index (κ3) is 8.20. The summed E-state index contributed by atoms with van der Waals surface area (Å²) in [5.74, 6) is 1.48. The van der Waals surface area contributed by atoms with Crippen LogP contribution in [0.25, 0.3) is 0 Å². The minimum atomic E-state index is -0.164. The molecule has 0 radical (unpaired) electrons. The number of hydrogen-bond acceptors (Lipinski definition) is 6. The Bertz CT molecular complexity index is 645. The van der Waals surface area contributed by atoms with Crippen molar-refractivity contribution in [1.29, 1.82) is 0 Å². The average Bonchev–Trinajstić information content (AvgIpc) is 2.79. The van der Waals surface area contributed by atoms with Gasteiger partial charge in [0.2, 0.25) is 0 Å². The Morgan fingerprint density at radius 2 is 1.90 bits per heavy atom. The Labute approximate surface area is 180 Å². The second kappa shape index (κ2) is 13.8. The van der Waals surface area contributed by atoms with Crippen LogP contribution in [0.15, 0.2) is 29.3 Å². The fraction of sp³-hybridized carbons (Fsp3) is 0.636. The molecule has 0 aromatic heterocycles. The van der Waals surface area contributed by atoms with Crippen molar-refractivity contribution < 1.29 is 19.0 Å². The molecule has 2 N–H and O–H groups in total. The lowest BCUT2D eigenvalue weighted by atomic mass is 10.0. The van der Waals surface area contributed by atoms with E-state index >= 15 is 0 Å². The van der Waals surface area contributed by atoms with E-state index in [0.29, 0.717) is 13.0 Å². The number of esters is 1. The third-order valence-corrected chi connectivity index (χ3v) is 5.08. The highest BCUT2D eigenvalue weighted by molar-refractivity contribution is 5.79. The number of carbonyl (C=O) groups is 1. The van der Waals surface area contributed by atoms with Crippen molar-refractivity contribution in [2.45, 2.75) is 32.2 Å². The molecular weight excluding hydrogens is 384 g/mol. The van der Waals surface area contributed by atoms with Gasteiger partial charge in [-0.2, -0.15) is 0 Å². The molecule has 8 heteroatoms. The summed E-state index contributed by atoms with van der Waals surface area (Å²) in [4.78, 5) is 18.5. The lowest BCUT2D eigenvalue weighted by Crippen LogP contribution is -2.42. The number of nitrogens with one attached hydrogen (secondary N) is 2. The number of rotatable bonds is 11. The van der Waals surface area contributed by atoms with Gasteiger partial charge in [-0.15, -0.1) is 0 Å². The van der Waals surface area contributed by atoms with Crippen LogP contribution in [0.5, 0.6) is 5.75 Å². The Hall–Kier alpha value is -2.32. The number of ether oxygens (including phenoxy) is 3. The molecule has 1 saturated heterocycles. The lowest BCUT2D eigenvalue weighted by Gasteiger charge is -2.34. The summed E-state index contributed by atoms with van der Waals surface area (Å²) in [6.45, 7) is 7.52. The van der Waals surface area contributed by atoms with Crippen molar-refractivity contribution in [2.75, 3.05) is 60.2 Å². The number of benzene rings is 1. The lowest BCUT2D eigenvalue weighted by molar-refractivity contribution is -0.140. The van der Waals surface area contributed by atoms with Crippen LogP contribution in [0.3, 0.4) is 0 Å². The molecule has 0 aliphatic carbocycles. The summed E-state index contributed by atoms with van der Waals surface area (Å²) in [6, 6.07) is 8.40. The molecule has 1 fully saturated rings. The molecule has 168 valence electrons. The molecule has 1 aromatic rings. The summed E-state index contributed by atoms with van der Waals surface area (Å²) in [5, 5.41) is 6.67. The van der Waals surface area contributed by atoms with Gasteiger partial charge in [-0.25, -0.2) is 0 Å². The van der Waals surface area contributed by atoms with Gasteiger partial charge in [-0.3, -0.25) is 14.7 Å². The molecule has 1 aliphatic heterocycles. The van der Waals surface area contributed by atoms with E-state index in [2.05, 4.69) is 39.3 Å². The molecule has 2 rings (SSSR count). The standard InChI is InChI=1S/C22H36N4O4/c1-4-23-22(24-12-6-5-7-21(27)29-3)25-17-20(26-13-15-30-16-14-26)18-8-10-19(28-2)11-9-18/h8-11,20H,4-7,12-17H2,1-3H3,(H2,23,24,25). The molecule has 1 heterocycles. The highest BCUT2D eigenvalue weighted by Gasteiger charge is 2.22. The zero-order valence-corrected chi connectivity index (χ0v) is 18.5. The SMILES string of the molecule is CCNC(=NCC(c1ccc(OC)cc1)N1CCOCC1)NCCCCC(=O)OC. The van der Waals surface area contributed by atoms with Gasteiger partial charge in [0.15, 0.2) is 5.96 Å². The van der Waals surface area contributed by atoms with Crippen LogP contribution in [0.2, 0.25) is 0 Å². The summed E-state index contributed by atoms with van der Waals surface area (Å²) >= 11 is 0. The maximum atomic E-state index is 11.2. The van der Waals surface area contributed by atoms with Gasteiger partial charge in [-0.05, 0) is 37.5 Å². The molecule has 8 nitrogen and oxygen atoms in total. The monoisotopic (exact) mass is 420 g/mol. The van der Waals surface area contributed by atoms with Gasteiger partial charge in [-0.1, -0.05) is 12.1 Å². The maximum absolute atomic E-state index is 11.2. The summed E-state index contributed by atoms with van der Waals surface area (Å²) < 4.78 is 15.5. The molecule has 1 aliphatic rings. The summed E-state index contributed by atoms with van der Waals surface area (Å²) in [6.07, 6.45) is 2.12. The van der Waals surface area contributed by atoms with Crippen LogP contribution in [-0.4, -0.2) is 77.0 Å². The van der Waals surface area contributed by atoms with E-state index in [1.54, 1.807) is 7.11 Å². The predicted molar refractivity (Wildman–Crippen MR) is 118 cm³/mol. The van der Waals surface area contributed by atoms with Crippen molar-refractivity contribution in [2.24, 2.45) is 4.99 Å². The number of guanidine groups is 1. The van der Waals surface area contributed by atoms with Crippen LogP contribution < -0.4 is 15.4 Å². The second-order valence-corrected chi connectivity index (χ2v) is 7.12. The number of aliphatic imine (C=N–C) groups is 1. The van der Waals surface area contributed by atoms with Crippen molar-refractivity contribution >= 4 is 11.9 Å². The molecule has 1 aromatic carbocycles. The number of nitrogens with zero attached hydrogens (tertiary/aromatic N) is 2. The predicted octanol–water partition coefficient (Wildman–Crippen LogP) is 1.97. The zero-order valence-electron chi connectivity index (χ0n) is 18.5. The van der Waals surface area contributed by atoms with E-state index in [4.69, 9.17) is 14.5 Å². The van der Waals surface area contributed by atoms with E-state index in [1.165, 1.54) is 12.7 Å². The fourth-order valence-electron chi connectivity index (χ4n) is 3.37. The molecule has 0 spiro atoms. The van der Waals surface area contributed by atoms with Gasteiger partial charge in [0.25, 0.3) is 0 Å². The minimum absolute atomic E-state index is 0.164. The van der Waals surface area contributed by atoms with Gasteiger partial charge >= 0.3 is 5.97 Å². The van der Waals surface area contributed by atoms with Crippen molar-refractivity contribution in [3.63, 3.8) is 0 Å². The topological polar surface area (TPSA) is 84.4 Å². The molecule has 0 saturated carbocycles. The molecule has 30 heavy (non-hydrogen) atoms. The Morgan fingerprint density at radius 3 is 2.53 bits per heavy atom. The summed E-state index contributed by atoms with van der Waals surface area (Å²) in [5.41, 5.74) is 1.22. The van der Waals surface area contributed by atoms with Crippen LogP contribution in [0.4, 0.5) is 0 Å². The molecule has 1 unspecified atom stereocenters. The number of methoxy groups -OCH3 is 2. The molecule has 1 atom stereocenters. The van der Waals surface area contributed by atoms with E-state index in [9.17, 15) is 4.79 Å². The number of carbonyl (C=O) groups excluding carboxylic acids is 1. The molecule has 0 amide bonds. The van der Waals surface area contributed by atoms with E-state index in [0.717, 1.165) is 63.9 Å². The first-order valence-electron chi connectivity index (χ1n) is 10.7. The zero-order chi connectivity index (χ0) is 21.6. The van der Waals surface area contributed by atoms with Gasteiger partial charge < -0.3 is 24.8 Å². The van der Waals surface area contributed by atoms with E-state index in [-0.39, 0.29) is 12.0 Å². The fourth-order valence-corrected chi connectivity index (χ4v) is 3.37. The van der Waals surface area contributed by atoms with Crippen molar-refractivity contribution in [3.8, 4) is 5.75 Å². The maximum Gasteiger partial charge on any atom is 0.305 e. The number of unbranched alkanes of at least 4 members (excludes halogenated alkanes) is 1. The Balaban J connectivity index is 1.99. The van der Waals surface area contributed by atoms with Crippen molar-refractivity contribution in [3.05, 3.63) is 29.8 Å². The summed E-state index contributed by atoms with van der Waals surface area (Å²) in [7, 11) is 3.10. The van der Waals surface area contributed by atoms with Crippen LogP contribution in [0.1, 0.15) is 37.8 Å². The van der Waals surface area contributed by atoms with Crippen LogP contribution in [0, 0.1) is 0 Å². The van der Waals surface area contributed by atoms with Crippen molar-refractivity contribution in [1.82, 2.24) is 15.5 Å². The van der Waals surface area contributed by atoms with Gasteiger partial charge in [0.1, 0.15) is 5.75 Å². The normalized spacial score (nSPS) is 16.0. The highest BCUT2D eigenvalue weighted by Crippen LogP contribution is 2.24. The average molecular weight is 421 g/mol. The van der Waals surface area contributed by atoms with E-state index < -0.39 is 0 Å². The smallest absolute Gasteiger partial charge is 0.305 e. The number of morpholine rings is 1. The highest BCUT2D eigenvalue weighted by atomic mass is 16.5. The first-order chi connectivity index (χ1) is 14.7. The van der Waals surface area contributed by atoms with Gasteiger partial charge in [0.05, 0.1) is 40.0 Å². The molecule has 0 bridgehead atoms. The Morgan fingerprint density at radius 1 is 1.17 bits per heavy atom. The first kappa shape index (κ1) is 24.0. The van der Waals surface area contributed by atoms with E-state index in [1.807, 2.05) is 12.1 Å². The number of hydrogen-bond donors (Lipinski definition) is 2. The Kier molecular flexibility index (Phi) is 11.0. The largest absolute Gasteiger partial charge is 0.497 e. The van der Waals surface area contributed by atoms with Crippen LogP contribution in [-0.2, 0) is 14.3 Å². The first-order valence-corrected chi connectivity index (χ1v) is 10.7.